The van der Waals surface area contributed by atoms with Crippen LogP contribution in [0.25, 0.3) is 0 Å². The SMILES string of the molecule is O=C(NC(=S)N1CCN(c2c(F)c(F)c(F)c(F)c2F)CC1)c1cccc(Br)c1. The minimum absolute atomic E-state index is 0.0503. The highest BCUT2D eigenvalue weighted by atomic mass is 79.9. The summed E-state index contributed by atoms with van der Waals surface area (Å²) >= 11 is 8.46. The number of halogens is 6. The number of nitrogens with one attached hydrogen (secondary N) is 1. The molecule has 1 fully saturated rings. The summed E-state index contributed by atoms with van der Waals surface area (Å²) in [5, 5.41) is 2.66. The molecule has 1 heterocycles. The first kappa shape index (κ1) is 21.4. The molecule has 154 valence electrons. The van der Waals surface area contributed by atoms with Crippen molar-refractivity contribution >= 4 is 44.9 Å². The van der Waals surface area contributed by atoms with Crippen LogP contribution in [-0.2, 0) is 0 Å². The molecular formula is C18H13BrF5N3OS. The summed E-state index contributed by atoms with van der Waals surface area (Å²) in [6.07, 6.45) is 0. The molecule has 2 aromatic rings. The van der Waals surface area contributed by atoms with E-state index in [1.807, 2.05) is 0 Å². The molecule has 1 N–H and O–H groups in total. The topological polar surface area (TPSA) is 35.6 Å². The minimum Gasteiger partial charge on any atom is -0.363 e. The van der Waals surface area contributed by atoms with E-state index in [0.29, 0.717) is 10.0 Å². The van der Waals surface area contributed by atoms with E-state index in [2.05, 4.69) is 21.2 Å². The maximum absolute atomic E-state index is 14.0. The van der Waals surface area contributed by atoms with E-state index >= 15 is 0 Å². The van der Waals surface area contributed by atoms with Gasteiger partial charge in [-0.25, -0.2) is 22.0 Å². The molecule has 2 aromatic carbocycles. The Morgan fingerprint density at radius 2 is 1.48 bits per heavy atom. The smallest absolute Gasteiger partial charge is 0.257 e. The molecule has 0 aliphatic carbocycles. The average molecular weight is 494 g/mol. The number of carbonyl (C=O) groups is 1. The molecule has 4 nitrogen and oxygen atoms in total. The van der Waals surface area contributed by atoms with Gasteiger partial charge >= 0.3 is 0 Å². The van der Waals surface area contributed by atoms with E-state index in [0.717, 1.165) is 4.90 Å². The normalized spacial score (nSPS) is 14.1. The van der Waals surface area contributed by atoms with Gasteiger partial charge in [0.1, 0.15) is 5.69 Å². The molecule has 3 rings (SSSR count). The van der Waals surface area contributed by atoms with Crippen LogP contribution in [-0.4, -0.2) is 42.1 Å². The number of amides is 1. The summed E-state index contributed by atoms with van der Waals surface area (Å²) in [7, 11) is 0. The van der Waals surface area contributed by atoms with Crippen molar-refractivity contribution in [2.75, 3.05) is 31.1 Å². The Morgan fingerprint density at radius 3 is 2.03 bits per heavy atom. The van der Waals surface area contributed by atoms with Gasteiger partial charge in [-0.05, 0) is 30.4 Å². The number of piperazine rings is 1. The van der Waals surface area contributed by atoms with E-state index < -0.39 is 40.7 Å². The molecule has 1 aliphatic rings. The van der Waals surface area contributed by atoms with E-state index in [1.54, 1.807) is 29.2 Å². The summed E-state index contributed by atoms with van der Waals surface area (Å²) in [4.78, 5) is 14.9. The van der Waals surface area contributed by atoms with Crippen LogP contribution in [0.5, 0.6) is 0 Å². The van der Waals surface area contributed by atoms with Gasteiger partial charge in [-0.2, -0.15) is 0 Å². The Hall–Kier alpha value is -2.27. The van der Waals surface area contributed by atoms with Gasteiger partial charge in [0.25, 0.3) is 5.91 Å². The van der Waals surface area contributed by atoms with Gasteiger partial charge in [-0.15, -0.1) is 0 Å². The summed E-state index contributed by atoms with van der Waals surface area (Å²) in [6.45, 7) is 0.144. The lowest BCUT2D eigenvalue weighted by Crippen LogP contribution is -2.53. The quantitative estimate of drug-likeness (QED) is 0.297. The first-order valence-electron chi connectivity index (χ1n) is 8.33. The molecule has 0 saturated carbocycles. The lowest BCUT2D eigenvalue weighted by Gasteiger charge is -2.37. The molecular weight excluding hydrogens is 481 g/mol. The Bertz CT molecular complexity index is 953. The second-order valence-corrected chi connectivity index (χ2v) is 7.46. The second-order valence-electron chi connectivity index (χ2n) is 6.16. The number of hydrogen-bond acceptors (Lipinski definition) is 3. The van der Waals surface area contributed by atoms with Crippen LogP contribution in [0, 0.1) is 29.1 Å². The predicted octanol–water partition coefficient (Wildman–Crippen LogP) is 3.98. The fourth-order valence-electron chi connectivity index (χ4n) is 2.88. The van der Waals surface area contributed by atoms with Crippen molar-refractivity contribution in [3.05, 3.63) is 63.4 Å². The summed E-state index contributed by atoms with van der Waals surface area (Å²) in [5.74, 6) is -10.4. The highest BCUT2D eigenvalue weighted by Crippen LogP contribution is 2.30. The maximum Gasteiger partial charge on any atom is 0.257 e. The van der Waals surface area contributed by atoms with Crippen LogP contribution in [0.1, 0.15) is 10.4 Å². The predicted molar refractivity (Wildman–Crippen MR) is 104 cm³/mol. The van der Waals surface area contributed by atoms with Gasteiger partial charge in [0, 0.05) is 36.2 Å². The van der Waals surface area contributed by atoms with E-state index in [1.165, 1.54) is 0 Å². The number of rotatable bonds is 2. The van der Waals surface area contributed by atoms with Crippen molar-refractivity contribution in [1.29, 1.82) is 0 Å². The van der Waals surface area contributed by atoms with E-state index in [4.69, 9.17) is 12.2 Å². The highest BCUT2D eigenvalue weighted by molar-refractivity contribution is 9.10. The van der Waals surface area contributed by atoms with Gasteiger partial charge in [-0.1, -0.05) is 22.0 Å². The van der Waals surface area contributed by atoms with Crippen LogP contribution >= 0.6 is 28.1 Å². The summed E-state index contributed by atoms with van der Waals surface area (Å²) < 4.78 is 68.7. The first-order valence-corrected chi connectivity index (χ1v) is 9.53. The largest absolute Gasteiger partial charge is 0.363 e. The molecule has 0 aromatic heterocycles. The Kier molecular flexibility index (Phi) is 6.37. The lowest BCUT2D eigenvalue weighted by atomic mass is 10.2. The van der Waals surface area contributed by atoms with Crippen molar-refractivity contribution in [2.45, 2.75) is 0 Å². The molecule has 1 saturated heterocycles. The van der Waals surface area contributed by atoms with Gasteiger partial charge in [-0.3, -0.25) is 10.1 Å². The molecule has 0 radical (unpaired) electrons. The van der Waals surface area contributed by atoms with Crippen molar-refractivity contribution in [1.82, 2.24) is 10.2 Å². The first-order chi connectivity index (χ1) is 13.7. The number of anilines is 1. The zero-order valence-electron chi connectivity index (χ0n) is 14.6. The van der Waals surface area contributed by atoms with Crippen LogP contribution in [0.2, 0.25) is 0 Å². The van der Waals surface area contributed by atoms with Crippen LogP contribution in [0.15, 0.2) is 28.7 Å². The lowest BCUT2D eigenvalue weighted by molar-refractivity contribution is 0.0973. The molecule has 1 amide bonds. The standard InChI is InChI=1S/C18H13BrF5N3OS/c19-10-3-1-2-9(8-10)17(28)25-18(29)27-6-4-26(5-7-27)16-14(23)12(21)11(20)13(22)15(16)24/h1-3,8H,4-7H2,(H,25,28,29). The molecule has 11 heteroatoms. The van der Waals surface area contributed by atoms with Crippen LogP contribution < -0.4 is 10.2 Å². The number of thiocarbonyl (C=S) groups is 1. The van der Waals surface area contributed by atoms with Crippen molar-refractivity contribution in [3.8, 4) is 0 Å². The zero-order chi connectivity index (χ0) is 21.3. The summed E-state index contributed by atoms with van der Waals surface area (Å²) in [6, 6.07) is 6.65. The Balaban J connectivity index is 1.67. The number of hydrogen-bond donors (Lipinski definition) is 1. The number of carbonyl (C=O) groups excluding carboxylic acids is 1. The maximum atomic E-state index is 14.0. The molecule has 1 aliphatic heterocycles. The Labute approximate surface area is 176 Å². The van der Waals surface area contributed by atoms with Crippen molar-refractivity contribution < 1.29 is 26.7 Å². The number of nitrogens with zero attached hydrogens (tertiary/aromatic N) is 2. The highest BCUT2D eigenvalue weighted by Gasteiger charge is 2.31. The zero-order valence-corrected chi connectivity index (χ0v) is 17.0. The van der Waals surface area contributed by atoms with Crippen LogP contribution in [0.3, 0.4) is 0 Å². The average Bonchev–Trinajstić information content (AvgIpc) is 2.71. The monoisotopic (exact) mass is 493 g/mol. The molecule has 0 spiro atoms. The fourth-order valence-corrected chi connectivity index (χ4v) is 3.56. The molecule has 0 unspecified atom stereocenters. The Morgan fingerprint density at radius 1 is 0.931 bits per heavy atom. The molecule has 0 atom stereocenters. The minimum atomic E-state index is -2.20. The fraction of sp³-hybridized carbons (Fsp3) is 0.222. The van der Waals surface area contributed by atoms with E-state index in [9.17, 15) is 26.7 Å². The second kappa shape index (κ2) is 8.62. The van der Waals surface area contributed by atoms with Gasteiger partial charge in [0.2, 0.25) is 5.82 Å². The van der Waals surface area contributed by atoms with E-state index in [-0.39, 0.29) is 31.3 Å². The third kappa shape index (κ3) is 4.35. The number of benzene rings is 2. The van der Waals surface area contributed by atoms with Crippen LogP contribution in [0.4, 0.5) is 27.6 Å². The third-order valence-corrected chi connectivity index (χ3v) is 5.23. The van der Waals surface area contributed by atoms with Gasteiger partial charge in [0.05, 0.1) is 0 Å². The van der Waals surface area contributed by atoms with Crippen molar-refractivity contribution in [2.24, 2.45) is 0 Å². The molecule has 0 bridgehead atoms. The molecule has 29 heavy (non-hydrogen) atoms. The third-order valence-electron chi connectivity index (χ3n) is 4.38. The van der Waals surface area contributed by atoms with Gasteiger partial charge < -0.3 is 9.80 Å². The van der Waals surface area contributed by atoms with Crippen molar-refractivity contribution in [3.63, 3.8) is 0 Å². The summed E-state index contributed by atoms with van der Waals surface area (Å²) in [5.41, 5.74) is -0.591. The van der Waals surface area contributed by atoms with Gasteiger partial charge in [0.15, 0.2) is 28.4 Å².